The summed E-state index contributed by atoms with van der Waals surface area (Å²) in [7, 11) is 2.19. The highest BCUT2D eigenvalue weighted by molar-refractivity contribution is 8.04. The van der Waals surface area contributed by atoms with Crippen LogP contribution in [0.25, 0.3) is 11.0 Å². The number of carbonyl (C=O) groups excluding carboxylic acids is 1. The predicted octanol–water partition coefficient (Wildman–Crippen LogP) is 2.21. The average molecular weight is 399 g/mol. The van der Waals surface area contributed by atoms with Crippen LogP contribution in [0, 0.1) is 12.8 Å². The minimum Gasteiger partial charge on any atom is -0.346 e. The zero-order valence-corrected chi connectivity index (χ0v) is 17.2. The first-order valence-electron chi connectivity index (χ1n) is 10.0. The number of aromatic amines is 1. The van der Waals surface area contributed by atoms with Gasteiger partial charge in [0.15, 0.2) is 0 Å². The predicted molar refractivity (Wildman–Crippen MR) is 112 cm³/mol. The molecule has 0 radical (unpaired) electrons. The quantitative estimate of drug-likeness (QED) is 0.837. The van der Waals surface area contributed by atoms with Crippen LogP contribution in [-0.4, -0.2) is 75.7 Å². The van der Waals surface area contributed by atoms with E-state index < -0.39 is 0 Å². The molecule has 2 atom stereocenters. The summed E-state index contributed by atoms with van der Waals surface area (Å²) in [6.07, 6.45) is 7.94. The number of anilines is 1. The summed E-state index contributed by atoms with van der Waals surface area (Å²) in [6.45, 7) is 5.78. The largest absolute Gasteiger partial charge is 0.346 e. The molecule has 1 amide bonds. The van der Waals surface area contributed by atoms with Crippen molar-refractivity contribution in [1.82, 2.24) is 24.8 Å². The molecule has 7 nitrogen and oxygen atoms in total. The number of amides is 1. The lowest BCUT2D eigenvalue weighted by Crippen LogP contribution is -2.49. The molecule has 28 heavy (non-hydrogen) atoms. The van der Waals surface area contributed by atoms with Gasteiger partial charge in [-0.25, -0.2) is 9.97 Å². The smallest absolute Gasteiger partial charge is 0.261 e. The van der Waals surface area contributed by atoms with Gasteiger partial charge in [-0.3, -0.25) is 4.79 Å². The molecule has 2 fully saturated rings. The minimum atomic E-state index is 0.171. The molecule has 0 spiro atoms. The highest BCUT2D eigenvalue weighted by Gasteiger charge is 2.38. The number of aromatic nitrogens is 3. The highest BCUT2D eigenvalue weighted by atomic mass is 32.2. The van der Waals surface area contributed by atoms with E-state index in [2.05, 4.69) is 43.6 Å². The molecule has 0 unspecified atom stereocenters. The summed E-state index contributed by atoms with van der Waals surface area (Å²) in [5.41, 5.74) is 1.96. The molecule has 148 valence electrons. The minimum absolute atomic E-state index is 0.171. The number of likely N-dealkylation sites (N-methyl/N-ethyl adjacent to an activating group) is 1. The normalized spacial score (nSPS) is 25.9. The van der Waals surface area contributed by atoms with E-state index in [1.165, 1.54) is 6.42 Å². The Morgan fingerprint density at radius 2 is 2.11 bits per heavy atom. The van der Waals surface area contributed by atoms with Gasteiger partial charge in [-0.05, 0) is 44.8 Å². The summed E-state index contributed by atoms with van der Waals surface area (Å²) in [4.78, 5) is 32.7. The maximum atomic E-state index is 13.3. The molecule has 3 aliphatic rings. The highest BCUT2D eigenvalue weighted by Crippen LogP contribution is 2.34. The lowest BCUT2D eigenvalue weighted by Gasteiger charge is -2.38. The number of thioether (sulfide) groups is 1. The van der Waals surface area contributed by atoms with Gasteiger partial charge in [-0.15, -0.1) is 11.8 Å². The van der Waals surface area contributed by atoms with Gasteiger partial charge >= 0.3 is 0 Å². The summed E-state index contributed by atoms with van der Waals surface area (Å²) in [5, 5.41) is 1.03. The van der Waals surface area contributed by atoms with E-state index in [1.54, 1.807) is 18.1 Å². The van der Waals surface area contributed by atoms with Crippen molar-refractivity contribution in [1.29, 1.82) is 0 Å². The summed E-state index contributed by atoms with van der Waals surface area (Å²) in [5.74, 6) is 2.68. The van der Waals surface area contributed by atoms with Crippen molar-refractivity contribution in [3.05, 3.63) is 29.2 Å². The monoisotopic (exact) mass is 398 g/mol. The zero-order valence-electron chi connectivity index (χ0n) is 16.4. The maximum absolute atomic E-state index is 13.3. The molecule has 5 heterocycles. The number of aryl methyl sites for hydroxylation is 1. The lowest BCUT2D eigenvalue weighted by molar-refractivity contribution is -0.128. The molecule has 0 aliphatic carbocycles. The number of hydrogen-bond acceptors (Lipinski definition) is 6. The van der Waals surface area contributed by atoms with Crippen LogP contribution >= 0.6 is 11.8 Å². The Bertz CT molecular complexity index is 940. The van der Waals surface area contributed by atoms with Crippen LogP contribution in [0.4, 0.5) is 5.82 Å². The van der Waals surface area contributed by atoms with Crippen LogP contribution in [0.5, 0.6) is 0 Å². The van der Waals surface area contributed by atoms with Gasteiger partial charge in [-0.1, -0.05) is 0 Å². The molecule has 2 aromatic rings. The van der Waals surface area contributed by atoms with Gasteiger partial charge in [0.1, 0.15) is 17.8 Å². The van der Waals surface area contributed by atoms with E-state index in [4.69, 9.17) is 0 Å². The van der Waals surface area contributed by atoms with Crippen molar-refractivity contribution in [2.24, 2.45) is 5.92 Å². The Hall–Kier alpha value is -2.06. The second-order valence-electron chi connectivity index (χ2n) is 8.06. The Morgan fingerprint density at radius 1 is 1.25 bits per heavy atom. The van der Waals surface area contributed by atoms with Crippen molar-refractivity contribution in [2.75, 3.05) is 43.9 Å². The molecular formula is C20H26N6OS. The van der Waals surface area contributed by atoms with Crippen LogP contribution in [0.3, 0.4) is 0 Å². The van der Waals surface area contributed by atoms with E-state index >= 15 is 0 Å². The molecule has 2 saturated heterocycles. The van der Waals surface area contributed by atoms with Gasteiger partial charge in [0.05, 0.1) is 10.3 Å². The van der Waals surface area contributed by atoms with E-state index in [-0.39, 0.29) is 5.91 Å². The van der Waals surface area contributed by atoms with Crippen LogP contribution in [0.15, 0.2) is 23.6 Å². The number of fused-ring (bicyclic) bond motifs is 2. The zero-order chi connectivity index (χ0) is 19.3. The third-order valence-corrected chi connectivity index (χ3v) is 7.40. The summed E-state index contributed by atoms with van der Waals surface area (Å²) < 4.78 is 0. The first-order valence-corrected chi connectivity index (χ1v) is 11.0. The Kier molecular flexibility index (Phi) is 4.55. The van der Waals surface area contributed by atoms with Gasteiger partial charge < -0.3 is 19.7 Å². The first-order chi connectivity index (χ1) is 13.6. The maximum Gasteiger partial charge on any atom is 0.261 e. The number of hydrogen-bond donors (Lipinski definition) is 1. The molecule has 2 aromatic heterocycles. The number of nitrogens with zero attached hydrogens (tertiary/aromatic N) is 5. The summed E-state index contributed by atoms with van der Waals surface area (Å²) in [6, 6.07) is 0.520. The second kappa shape index (κ2) is 7.08. The van der Waals surface area contributed by atoms with Crippen LogP contribution in [0.2, 0.25) is 0 Å². The number of piperidine rings is 1. The van der Waals surface area contributed by atoms with Crippen molar-refractivity contribution in [3.8, 4) is 0 Å². The van der Waals surface area contributed by atoms with Crippen molar-refractivity contribution >= 4 is 34.5 Å². The molecule has 0 saturated carbocycles. The van der Waals surface area contributed by atoms with Crippen LogP contribution in [-0.2, 0) is 4.79 Å². The molecule has 0 aromatic carbocycles. The molecule has 3 aliphatic heterocycles. The lowest BCUT2D eigenvalue weighted by atomic mass is 9.92. The van der Waals surface area contributed by atoms with E-state index in [9.17, 15) is 4.79 Å². The molecule has 5 rings (SSSR count). The van der Waals surface area contributed by atoms with E-state index in [0.29, 0.717) is 6.04 Å². The standard InChI is InChI=1S/C20H26N6OS/c1-13-9-21-18-17(13)19(23-12-22-18)25-7-8-28-16(11-25)20(27)26-6-4-14-3-5-24(2)15(14)10-26/h9,11-12,14-15H,3-8,10H2,1-2H3,(H,21,22,23)/t14-,15+/m0/s1. The number of carbonyl (C=O) groups is 1. The molecular weight excluding hydrogens is 372 g/mol. The van der Waals surface area contributed by atoms with Crippen molar-refractivity contribution < 1.29 is 4.79 Å². The van der Waals surface area contributed by atoms with Gasteiger partial charge in [0.2, 0.25) is 0 Å². The fourth-order valence-electron chi connectivity index (χ4n) is 4.79. The summed E-state index contributed by atoms with van der Waals surface area (Å²) >= 11 is 1.66. The third-order valence-electron chi connectivity index (χ3n) is 6.42. The fraction of sp³-hybridized carbons (Fsp3) is 0.550. The molecule has 0 bridgehead atoms. The third kappa shape index (κ3) is 2.99. The Labute approximate surface area is 169 Å². The van der Waals surface area contributed by atoms with Crippen LogP contribution in [0.1, 0.15) is 18.4 Å². The van der Waals surface area contributed by atoms with Crippen molar-refractivity contribution in [2.45, 2.75) is 25.8 Å². The van der Waals surface area contributed by atoms with E-state index in [0.717, 1.165) is 71.6 Å². The Morgan fingerprint density at radius 3 is 3.00 bits per heavy atom. The van der Waals surface area contributed by atoms with Gasteiger partial charge in [0, 0.05) is 43.8 Å². The van der Waals surface area contributed by atoms with Gasteiger partial charge in [0.25, 0.3) is 5.91 Å². The first kappa shape index (κ1) is 18.0. The molecule has 1 N–H and O–H groups in total. The van der Waals surface area contributed by atoms with Crippen LogP contribution < -0.4 is 4.90 Å². The topological polar surface area (TPSA) is 68.4 Å². The number of H-pyrrole nitrogens is 1. The number of nitrogens with one attached hydrogen (secondary N) is 1. The fourth-order valence-corrected chi connectivity index (χ4v) is 5.75. The van der Waals surface area contributed by atoms with E-state index in [1.807, 2.05) is 12.4 Å². The molecule has 8 heteroatoms. The second-order valence-corrected chi connectivity index (χ2v) is 9.20. The number of rotatable bonds is 2. The van der Waals surface area contributed by atoms with Crippen molar-refractivity contribution in [3.63, 3.8) is 0 Å². The SMILES string of the molecule is Cc1c[nH]c2ncnc(N3C=C(C(=O)N4CC[C@@H]5CCN(C)[C@@H]5C4)SCC3)c12. The number of likely N-dealkylation sites (tertiary alicyclic amines) is 2. The Balaban J connectivity index is 1.40. The van der Waals surface area contributed by atoms with Gasteiger partial charge in [-0.2, -0.15) is 0 Å². The average Bonchev–Trinajstić information content (AvgIpc) is 3.30.